The molecular weight excluding hydrogens is 279 g/mol. The minimum atomic E-state index is -0.358. The van der Waals surface area contributed by atoms with Crippen LogP contribution in [0.15, 0.2) is 42.5 Å². The van der Waals surface area contributed by atoms with Crippen LogP contribution in [0.2, 0.25) is 0 Å². The van der Waals surface area contributed by atoms with Crippen LogP contribution in [0, 0.1) is 5.82 Å². The van der Waals surface area contributed by atoms with Crippen molar-refractivity contribution in [2.24, 2.45) is 0 Å². The topological polar surface area (TPSA) is 17.1 Å². The molecule has 0 fully saturated rings. The monoisotopic (exact) mass is 292 g/mol. The predicted molar refractivity (Wildman–Crippen MR) is 81.7 cm³/mol. The molecule has 2 rings (SSSR count). The van der Waals surface area contributed by atoms with E-state index in [1.54, 1.807) is 6.07 Å². The lowest BCUT2D eigenvalue weighted by molar-refractivity contribution is 0.103. The summed E-state index contributed by atoms with van der Waals surface area (Å²) in [6, 6.07) is 11.5. The zero-order valence-corrected chi connectivity index (χ0v) is 11.9. The number of halogens is 1. The van der Waals surface area contributed by atoms with Crippen molar-refractivity contribution < 1.29 is 9.18 Å². The Labute approximate surface area is 122 Å². The molecule has 0 atom stereocenters. The molecular formula is C15H13FOS2. The Morgan fingerprint density at radius 1 is 0.947 bits per heavy atom. The minimum Gasteiger partial charge on any atom is -0.289 e. The van der Waals surface area contributed by atoms with Crippen LogP contribution in [0.5, 0.6) is 0 Å². The second-order valence-corrected chi connectivity index (χ2v) is 4.74. The maximum Gasteiger partial charge on any atom is 0.193 e. The summed E-state index contributed by atoms with van der Waals surface area (Å²) in [4.78, 5) is 12.5. The first-order valence-electron chi connectivity index (χ1n) is 5.80. The van der Waals surface area contributed by atoms with Gasteiger partial charge in [-0.3, -0.25) is 4.79 Å². The van der Waals surface area contributed by atoms with E-state index in [4.69, 9.17) is 0 Å². The SMILES string of the molecule is O=C(c1ccccc1CS)c1ccc(F)cc1CS. The summed E-state index contributed by atoms with van der Waals surface area (Å²) < 4.78 is 13.2. The van der Waals surface area contributed by atoms with Crippen molar-refractivity contribution >= 4 is 31.0 Å². The zero-order chi connectivity index (χ0) is 13.8. The molecule has 0 heterocycles. The summed E-state index contributed by atoms with van der Waals surface area (Å²) in [6.45, 7) is 0. The van der Waals surface area contributed by atoms with E-state index in [1.807, 2.05) is 18.2 Å². The largest absolute Gasteiger partial charge is 0.289 e. The van der Waals surface area contributed by atoms with Crippen molar-refractivity contribution in [3.05, 3.63) is 70.5 Å². The predicted octanol–water partition coefficient (Wildman–Crippen LogP) is 3.92. The van der Waals surface area contributed by atoms with Gasteiger partial charge in [0.1, 0.15) is 5.82 Å². The lowest BCUT2D eigenvalue weighted by Crippen LogP contribution is -2.07. The van der Waals surface area contributed by atoms with E-state index in [1.165, 1.54) is 18.2 Å². The van der Waals surface area contributed by atoms with Gasteiger partial charge in [-0.05, 0) is 29.3 Å². The Morgan fingerprint density at radius 2 is 1.58 bits per heavy atom. The number of carbonyl (C=O) groups is 1. The van der Waals surface area contributed by atoms with Crippen molar-refractivity contribution in [1.29, 1.82) is 0 Å². The Bertz CT molecular complexity index is 611. The first-order valence-corrected chi connectivity index (χ1v) is 7.06. The molecule has 2 aromatic carbocycles. The number of rotatable bonds is 4. The molecule has 0 aliphatic rings. The van der Waals surface area contributed by atoms with E-state index in [2.05, 4.69) is 25.3 Å². The highest BCUT2D eigenvalue weighted by atomic mass is 32.1. The average molecular weight is 292 g/mol. The summed E-state index contributed by atoms with van der Waals surface area (Å²) in [5, 5.41) is 0. The molecule has 0 N–H and O–H groups in total. The summed E-state index contributed by atoms with van der Waals surface area (Å²) in [7, 11) is 0. The first-order chi connectivity index (χ1) is 9.17. The van der Waals surface area contributed by atoms with Crippen molar-refractivity contribution in [2.45, 2.75) is 11.5 Å². The highest BCUT2D eigenvalue weighted by molar-refractivity contribution is 7.79. The van der Waals surface area contributed by atoms with Gasteiger partial charge in [0.25, 0.3) is 0 Å². The van der Waals surface area contributed by atoms with E-state index >= 15 is 0 Å². The number of hydrogen-bond donors (Lipinski definition) is 2. The van der Waals surface area contributed by atoms with Crippen LogP contribution < -0.4 is 0 Å². The summed E-state index contributed by atoms with van der Waals surface area (Å²) in [5.41, 5.74) is 2.56. The van der Waals surface area contributed by atoms with Crippen molar-refractivity contribution in [1.82, 2.24) is 0 Å². The molecule has 4 heteroatoms. The van der Waals surface area contributed by atoms with Gasteiger partial charge in [-0.1, -0.05) is 24.3 Å². The molecule has 0 radical (unpaired) electrons. The van der Waals surface area contributed by atoms with Crippen LogP contribution in [0.4, 0.5) is 4.39 Å². The lowest BCUT2D eigenvalue weighted by atomic mass is 9.96. The third-order valence-corrected chi connectivity index (χ3v) is 3.60. The zero-order valence-electron chi connectivity index (χ0n) is 10.1. The molecule has 0 aromatic heterocycles. The maximum absolute atomic E-state index is 13.2. The van der Waals surface area contributed by atoms with Gasteiger partial charge < -0.3 is 0 Å². The molecule has 0 saturated heterocycles. The van der Waals surface area contributed by atoms with Crippen LogP contribution in [0.1, 0.15) is 27.0 Å². The van der Waals surface area contributed by atoms with Gasteiger partial charge in [0, 0.05) is 22.6 Å². The van der Waals surface area contributed by atoms with Gasteiger partial charge in [0.15, 0.2) is 5.78 Å². The van der Waals surface area contributed by atoms with Crippen LogP contribution in [-0.4, -0.2) is 5.78 Å². The van der Waals surface area contributed by atoms with Crippen LogP contribution in [-0.2, 0) is 11.5 Å². The summed E-state index contributed by atoms with van der Waals surface area (Å²) in [6.07, 6.45) is 0. The maximum atomic E-state index is 13.2. The van der Waals surface area contributed by atoms with Gasteiger partial charge in [0.2, 0.25) is 0 Å². The Morgan fingerprint density at radius 3 is 2.26 bits per heavy atom. The molecule has 0 spiro atoms. The second-order valence-electron chi connectivity index (χ2n) is 4.10. The molecule has 0 saturated carbocycles. The number of thiol groups is 2. The van der Waals surface area contributed by atoms with Crippen LogP contribution in [0.3, 0.4) is 0 Å². The molecule has 0 unspecified atom stereocenters. The number of ketones is 1. The summed E-state index contributed by atoms with van der Waals surface area (Å²) >= 11 is 8.37. The fraction of sp³-hybridized carbons (Fsp3) is 0.133. The standard InChI is InChI=1S/C15H13FOS2/c16-12-5-6-14(11(7-12)9-19)15(17)13-4-2-1-3-10(13)8-18/h1-7,18-19H,8-9H2. The number of benzene rings is 2. The first kappa shape index (κ1) is 14.2. The normalized spacial score (nSPS) is 10.5. The van der Waals surface area contributed by atoms with Crippen molar-refractivity contribution in [3.63, 3.8) is 0 Å². The molecule has 0 aliphatic carbocycles. The highest BCUT2D eigenvalue weighted by Gasteiger charge is 2.16. The fourth-order valence-electron chi connectivity index (χ4n) is 1.94. The molecule has 2 aromatic rings. The molecule has 19 heavy (non-hydrogen) atoms. The third-order valence-electron chi connectivity index (χ3n) is 2.91. The Balaban J connectivity index is 2.50. The fourth-order valence-corrected chi connectivity index (χ4v) is 2.48. The van der Waals surface area contributed by atoms with E-state index in [0.29, 0.717) is 28.2 Å². The van der Waals surface area contributed by atoms with Gasteiger partial charge in [-0.25, -0.2) is 4.39 Å². The summed E-state index contributed by atoms with van der Waals surface area (Å²) in [5.74, 6) is 0.332. The number of hydrogen-bond acceptors (Lipinski definition) is 3. The highest BCUT2D eigenvalue weighted by Crippen LogP contribution is 2.21. The van der Waals surface area contributed by atoms with Crippen molar-refractivity contribution in [3.8, 4) is 0 Å². The Kier molecular flexibility index (Phi) is 4.66. The van der Waals surface area contributed by atoms with E-state index in [0.717, 1.165) is 5.56 Å². The van der Waals surface area contributed by atoms with Crippen LogP contribution >= 0.6 is 25.3 Å². The smallest absolute Gasteiger partial charge is 0.193 e. The molecule has 0 bridgehead atoms. The van der Waals surface area contributed by atoms with E-state index in [-0.39, 0.29) is 11.6 Å². The average Bonchev–Trinajstić information content (AvgIpc) is 2.46. The third kappa shape index (κ3) is 3.01. The molecule has 0 amide bonds. The Hall–Kier alpha value is -1.26. The van der Waals surface area contributed by atoms with E-state index < -0.39 is 0 Å². The second kappa shape index (κ2) is 6.26. The molecule has 1 nitrogen and oxygen atoms in total. The quantitative estimate of drug-likeness (QED) is 0.645. The number of carbonyl (C=O) groups excluding carboxylic acids is 1. The lowest BCUT2D eigenvalue weighted by Gasteiger charge is -2.10. The van der Waals surface area contributed by atoms with Gasteiger partial charge in [0.05, 0.1) is 0 Å². The van der Waals surface area contributed by atoms with E-state index in [9.17, 15) is 9.18 Å². The molecule has 98 valence electrons. The minimum absolute atomic E-state index is 0.117. The van der Waals surface area contributed by atoms with Crippen LogP contribution in [0.25, 0.3) is 0 Å². The van der Waals surface area contributed by atoms with Gasteiger partial charge in [-0.2, -0.15) is 25.3 Å². The van der Waals surface area contributed by atoms with Crippen molar-refractivity contribution in [2.75, 3.05) is 0 Å². The molecule has 0 aliphatic heterocycles. The van der Waals surface area contributed by atoms with Gasteiger partial charge in [-0.15, -0.1) is 0 Å². The van der Waals surface area contributed by atoms with Gasteiger partial charge >= 0.3 is 0 Å².